The number of rotatable bonds is 7. The molecule has 0 bridgehead atoms. The third-order valence-corrected chi connectivity index (χ3v) is 2.10. The van der Waals surface area contributed by atoms with Crippen molar-refractivity contribution in [2.24, 2.45) is 5.92 Å². The van der Waals surface area contributed by atoms with Gasteiger partial charge in [0.25, 0.3) is 0 Å². The molecular formula is C12H22N2O3. The van der Waals surface area contributed by atoms with Crippen LogP contribution < -0.4 is 10.6 Å². The molecule has 2 N–H and O–H groups in total. The molecule has 0 aromatic carbocycles. The third-order valence-electron chi connectivity index (χ3n) is 2.10. The fourth-order valence-electron chi connectivity index (χ4n) is 1.20. The predicted octanol–water partition coefficient (Wildman–Crippen LogP) is 1.45. The van der Waals surface area contributed by atoms with Crippen molar-refractivity contribution >= 4 is 12.0 Å². The van der Waals surface area contributed by atoms with Crippen molar-refractivity contribution in [1.82, 2.24) is 10.6 Å². The fraction of sp³-hybridized carbons (Fsp3) is 0.667. The van der Waals surface area contributed by atoms with Gasteiger partial charge >= 0.3 is 6.09 Å². The first kappa shape index (κ1) is 15.5. The number of carbonyl (C=O) groups excluding carboxylic acids is 2. The lowest BCUT2D eigenvalue weighted by Gasteiger charge is -2.21. The molecule has 5 heteroatoms. The SMILES string of the molecule is C=CCOC(=O)N[C@H](C(=O)NCCC)C(C)C. The van der Waals surface area contributed by atoms with Crippen LogP contribution >= 0.6 is 0 Å². The van der Waals surface area contributed by atoms with E-state index in [2.05, 4.69) is 17.2 Å². The molecule has 0 aliphatic heterocycles. The standard InChI is InChI=1S/C12H22N2O3/c1-5-7-13-11(15)10(9(3)4)14-12(16)17-8-6-2/h6,9-10H,2,5,7-8H2,1,3-4H3,(H,13,15)(H,14,16)/t10-/m0/s1. The molecule has 0 aromatic rings. The largest absolute Gasteiger partial charge is 0.445 e. The molecule has 0 saturated heterocycles. The minimum atomic E-state index is -0.602. The molecule has 5 nitrogen and oxygen atoms in total. The summed E-state index contributed by atoms with van der Waals surface area (Å²) in [6.07, 6.45) is 1.73. The van der Waals surface area contributed by atoms with Crippen LogP contribution in [0.2, 0.25) is 0 Å². The van der Waals surface area contributed by atoms with Crippen molar-refractivity contribution in [3.8, 4) is 0 Å². The lowest BCUT2D eigenvalue weighted by molar-refractivity contribution is -0.124. The summed E-state index contributed by atoms with van der Waals surface area (Å²) in [5.41, 5.74) is 0. The van der Waals surface area contributed by atoms with Crippen LogP contribution in [0.3, 0.4) is 0 Å². The van der Waals surface area contributed by atoms with Gasteiger partial charge in [-0.3, -0.25) is 4.79 Å². The maximum absolute atomic E-state index is 11.8. The van der Waals surface area contributed by atoms with Gasteiger partial charge in [-0.1, -0.05) is 33.4 Å². The molecule has 0 radical (unpaired) electrons. The molecule has 0 aliphatic rings. The van der Waals surface area contributed by atoms with Gasteiger partial charge in [-0.05, 0) is 12.3 Å². The van der Waals surface area contributed by atoms with E-state index in [1.54, 1.807) is 0 Å². The van der Waals surface area contributed by atoms with E-state index in [4.69, 9.17) is 4.74 Å². The Morgan fingerprint density at radius 3 is 2.53 bits per heavy atom. The Balaban J connectivity index is 4.27. The Labute approximate surface area is 103 Å². The van der Waals surface area contributed by atoms with Crippen molar-refractivity contribution in [3.63, 3.8) is 0 Å². The summed E-state index contributed by atoms with van der Waals surface area (Å²) in [4.78, 5) is 23.1. The number of amides is 2. The Bertz CT molecular complexity index is 264. The van der Waals surface area contributed by atoms with E-state index in [-0.39, 0.29) is 18.4 Å². The fourth-order valence-corrected chi connectivity index (χ4v) is 1.20. The third kappa shape index (κ3) is 6.60. The summed E-state index contributed by atoms with van der Waals surface area (Å²) in [6, 6.07) is -0.570. The van der Waals surface area contributed by atoms with E-state index in [9.17, 15) is 9.59 Å². The zero-order chi connectivity index (χ0) is 13.3. The van der Waals surface area contributed by atoms with Gasteiger partial charge in [0.2, 0.25) is 5.91 Å². The highest BCUT2D eigenvalue weighted by atomic mass is 16.5. The average Bonchev–Trinajstić information content (AvgIpc) is 2.29. The number of alkyl carbamates (subject to hydrolysis) is 1. The van der Waals surface area contributed by atoms with E-state index in [0.717, 1.165) is 6.42 Å². The van der Waals surface area contributed by atoms with Gasteiger partial charge in [-0.2, -0.15) is 0 Å². The number of hydrogen-bond acceptors (Lipinski definition) is 3. The van der Waals surface area contributed by atoms with E-state index < -0.39 is 12.1 Å². The van der Waals surface area contributed by atoms with Gasteiger partial charge in [0.05, 0.1) is 0 Å². The van der Waals surface area contributed by atoms with Gasteiger partial charge in [0, 0.05) is 6.54 Å². The van der Waals surface area contributed by atoms with Crippen LogP contribution in [0.1, 0.15) is 27.2 Å². The molecule has 0 saturated carbocycles. The summed E-state index contributed by atoms with van der Waals surface area (Å²) in [5, 5.41) is 5.28. The van der Waals surface area contributed by atoms with Crippen molar-refractivity contribution in [1.29, 1.82) is 0 Å². The second-order valence-corrected chi connectivity index (χ2v) is 4.04. The molecule has 0 aliphatic carbocycles. The van der Waals surface area contributed by atoms with Gasteiger partial charge in [-0.15, -0.1) is 0 Å². The summed E-state index contributed by atoms with van der Waals surface area (Å²) in [6.45, 7) is 9.87. The van der Waals surface area contributed by atoms with Gasteiger partial charge in [0.15, 0.2) is 0 Å². The molecule has 1 atom stereocenters. The van der Waals surface area contributed by atoms with E-state index in [0.29, 0.717) is 6.54 Å². The predicted molar refractivity (Wildman–Crippen MR) is 66.6 cm³/mol. The van der Waals surface area contributed by atoms with Crippen LogP contribution in [0.4, 0.5) is 4.79 Å². The van der Waals surface area contributed by atoms with Crippen LogP contribution in [0, 0.1) is 5.92 Å². The van der Waals surface area contributed by atoms with Gasteiger partial charge in [0.1, 0.15) is 12.6 Å². The van der Waals surface area contributed by atoms with Crippen LogP contribution in [0.25, 0.3) is 0 Å². The molecule has 17 heavy (non-hydrogen) atoms. The Hall–Kier alpha value is -1.52. The van der Waals surface area contributed by atoms with Gasteiger partial charge in [-0.25, -0.2) is 4.79 Å². The first-order valence-electron chi connectivity index (χ1n) is 5.84. The number of carbonyl (C=O) groups is 2. The summed E-state index contributed by atoms with van der Waals surface area (Å²) in [7, 11) is 0. The van der Waals surface area contributed by atoms with Gasteiger partial charge < -0.3 is 15.4 Å². The highest BCUT2D eigenvalue weighted by Crippen LogP contribution is 2.02. The highest BCUT2D eigenvalue weighted by molar-refractivity contribution is 5.85. The molecule has 2 amide bonds. The second kappa shape index (κ2) is 8.61. The zero-order valence-corrected chi connectivity index (χ0v) is 10.8. The monoisotopic (exact) mass is 242 g/mol. The summed E-state index contributed by atoms with van der Waals surface area (Å²) < 4.78 is 4.78. The van der Waals surface area contributed by atoms with E-state index in [1.165, 1.54) is 6.08 Å². The number of hydrogen-bond donors (Lipinski definition) is 2. The second-order valence-electron chi connectivity index (χ2n) is 4.04. The molecule has 0 rings (SSSR count). The molecule has 0 unspecified atom stereocenters. The molecule has 0 aromatic heterocycles. The maximum Gasteiger partial charge on any atom is 0.408 e. The van der Waals surface area contributed by atoms with E-state index in [1.807, 2.05) is 20.8 Å². The van der Waals surface area contributed by atoms with Crippen molar-refractivity contribution in [3.05, 3.63) is 12.7 Å². The first-order chi connectivity index (χ1) is 8.02. The van der Waals surface area contributed by atoms with Crippen molar-refractivity contribution in [2.75, 3.05) is 13.2 Å². The van der Waals surface area contributed by atoms with Crippen molar-refractivity contribution in [2.45, 2.75) is 33.2 Å². The van der Waals surface area contributed by atoms with Crippen LogP contribution in [0.15, 0.2) is 12.7 Å². The van der Waals surface area contributed by atoms with E-state index >= 15 is 0 Å². The van der Waals surface area contributed by atoms with Crippen molar-refractivity contribution < 1.29 is 14.3 Å². The molecule has 0 spiro atoms. The first-order valence-corrected chi connectivity index (χ1v) is 5.84. The minimum absolute atomic E-state index is 0.00290. The number of ether oxygens (including phenoxy) is 1. The molecule has 0 fully saturated rings. The summed E-state index contributed by atoms with van der Waals surface area (Å²) >= 11 is 0. The van der Waals surface area contributed by atoms with Crippen LogP contribution in [-0.4, -0.2) is 31.2 Å². The minimum Gasteiger partial charge on any atom is -0.445 e. The summed E-state index contributed by atoms with van der Waals surface area (Å²) in [5.74, 6) is -0.180. The Morgan fingerprint density at radius 1 is 1.41 bits per heavy atom. The lowest BCUT2D eigenvalue weighted by Crippen LogP contribution is -2.50. The highest BCUT2D eigenvalue weighted by Gasteiger charge is 2.24. The molecular weight excluding hydrogens is 220 g/mol. The molecule has 0 heterocycles. The quantitative estimate of drug-likeness (QED) is 0.664. The maximum atomic E-state index is 11.8. The molecule has 98 valence electrons. The number of nitrogens with one attached hydrogen (secondary N) is 2. The zero-order valence-electron chi connectivity index (χ0n) is 10.8. The Kier molecular flexibility index (Phi) is 7.84. The normalized spacial score (nSPS) is 11.8. The average molecular weight is 242 g/mol. The smallest absolute Gasteiger partial charge is 0.408 e. The van der Waals surface area contributed by atoms with Crippen LogP contribution in [0.5, 0.6) is 0 Å². The topological polar surface area (TPSA) is 67.4 Å². The Morgan fingerprint density at radius 2 is 2.06 bits per heavy atom. The van der Waals surface area contributed by atoms with Crippen LogP contribution in [-0.2, 0) is 9.53 Å². The lowest BCUT2D eigenvalue weighted by atomic mass is 10.0.